The first kappa shape index (κ1) is 37.5. The molecule has 0 fully saturated rings. The molecule has 6 heterocycles. The van der Waals surface area contributed by atoms with Crippen molar-refractivity contribution in [3.05, 3.63) is 219 Å². The Morgan fingerprint density at radius 2 is 0.682 bits per heavy atom. The van der Waals surface area contributed by atoms with Crippen LogP contribution in [0.3, 0.4) is 0 Å². The van der Waals surface area contributed by atoms with Crippen molar-refractivity contribution in [2.45, 2.75) is 0 Å². The molecular weight excluding hydrogens is 805 g/mol. The van der Waals surface area contributed by atoms with Crippen LogP contribution in [0.2, 0.25) is 0 Å². The molecule has 0 saturated carbocycles. The minimum absolute atomic E-state index is 0.901. The first-order valence-electron chi connectivity index (χ1n) is 22.1. The Morgan fingerprint density at radius 1 is 0.227 bits per heavy atom. The highest BCUT2D eigenvalue weighted by Crippen LogP contribution is 2.36. The number of fused-ring (bicyclic) bond motifs is 7. The SMILES string of the molecule is c1cc(-c2ccc3cc(-c4ccc5nc(-c6cc(-c7cnc8ccccc8c7)cc(-c7cnc8ccccc8c7)c6)ccc5c4)ccc3n2)cc(-c2ccc3ccc4cccnc4c3n2)c1. The van der Waals surface area contributed by atoms with Gasteiger partial charge in [0.05, 0.1) is 50.2 Å². The topological polar surface area (TPSA) is 77.3 Å². The Bertz CT molecular complexity index is 3990. The number of hydrogen-bond acceptors (Lipinski definition) is 6. The van der Waals surface area contributed by atoms with Crippen molar-refractivity contribution < 1.29 is 0 Å². The van der Waals surface area contributed by atoms with E-state index in [4.69, 9.17) is 24.9 Å². The van der Waals surface area contributed by atoms with Crippen LogP contribution in [0.1, 0.15) is 0 Å². The standard InChI is InChI=1S/C60H36N6/c1-3-12-52-41(7-1)30-50(35-62-52)47-32-48(51-31-42-8-2-4-13-53(42)63-36-51)34-49(33-47)58-25-20-46-28-40(18-23-56(46)65-58)39-17-22-55-45(27-39)19-24-54(64-55)43-9-5-10-44(29-43)57-21-16-38-15-14-37-11-6-26-61-59(37)60(38)66-57/h1-36H. The Balaban J connectivity index is 0.812. The van der Waals surface area contributed by atoms with Gasteiger partial charge in [-0.25, -0.2) is 15.0 Å². The minimum Gasteiger partial charge on any atom is -0.256 e. The number of aromatic nitrogens is 6. The van der Waals surface area contributed by atoms with E-state index < -0.39 is 0 Å². The van der Waals surface area contributed by atoms with Crippen molar-refractivity contribution >= 4 is 65.4 Å². The molecule has 306 valence electrons. The highest BCUT2D eigenvalue weighted by molar-refractivity contribution is 6.03. The third-order valence-corrected chi connectivity index (χ3v) is 12.7. The monoisotopic (exact) mass is 840 g/mol. The predicted molar refractivity (Wildman–Crippen MR) is 271 cm³/mol. The van der Waals surface area contributed by atoms with Gasteiger partial charge < -0.3 is 0 Å². The fraction of sp³-hybridized carbons (Fsp3) is 0. The zero-order chi connectivity index (χ0) is 43.6. The Kier molecular flexibility index (Phi) is 8.74. The van der Waals surface area contributed by atoms with E-state index in [1.54, 1.807) is 0 Å². The molecule has 6 aromatic heterocycles. The van der Waals surface area contributed by atoms with Gasteiger partial charge in [-0.2, -0.15) is 0 Å². The zero-order valence-corrected chi connectivity index (χ0v) is 35.5. The molecule has 0 radical (unpaired) electrons. The summed E-state index contributed by atoms with van der Waals surface area (Å²) >= 11 is 0. The molecule has 0 aliphatic carbocycles. The number of rotatable bonds is 6. The fourth-order valence-electron chi connectivity index (χ4n) is 9.22. The maximum atomic E-state index is 5.24. The summed E-state index contributed by atoms with van der Waals surface area (Å²) in [6.45, 7) is 0. The van der Waals surface area contributed by atoms with Crippen LogP contribution in [0.5, 0.6) is 0 Å². The number of nitrogens with zero attached hydrogens (tertiary/aromatic N) is 6. The average molecular weight is 841 g/mol. The summed E-state index contributed by atoms with van der Waals surface area (Å²) in [5, 5.41) is 6.51. The molecular formula is C60H36N6. The Morgan fingerprint density at radius 3 is 1.30 bits per heavy atom. The summed E-state index contributed by atoms with van der Waals surface area (Å²) in [5.74, 6) is 0. The molecule has 0 unspecified atom stereocenters. The minimum atomic E-state index is 0.901. The van der Waals surface area contributed by atoms with E-state index in [2.05, 4.69) is 175 Å². The first-order valence-corrected chi connectivity index (χ1v) is 22.1. The second-order valence-electron chi connectivity index (χ2n) is 16.8. The third-order valence-electron chi connectivity index (χ3n) is 12.7. The molecule has 7 aromatic carbocycles. The lowest BCUT2D eigenvalue weighted by Crippen LogP contribution is -1.91. The van der Waals surface area contributed by atoms with E-state index >= 15 is 0 Å². The zero-order valence-electron chi connectivity index (χ0n) is 35.5. The molecule has 0 aliphatic heterocycles. The molecule has 0 N–H and O–H groups in total. The summed E-state index contributed by atoms with van der Waals surface area (Å²) in [6, 6.07) is 70.1. The number of hydrogen-bond donors (Lipinski definition) is 0. The highest BCUT2D eigenvalue weighted by Gasteiger charge is 2.13. The van der Waals surface area contributed by atoms with Gasteiger partial charge in [0.25, 0.3) is 0 Å². The molecule has 0 saturated heterocycles. The lowest BCUT2D eigenvalue weighted by atomic mass is 9.94. The van der Waals surface area contributed by atoms with Crippen LogP contribution < -0.4 is 0 Å². The van der Waals surface area contributed by atoms with Gasteiger partial charge in [-0.1, -0.05) is 103 Å². The van der Waals surface area contributed by atoms with Crippen LogP contribution in [-0.4, -0.2) is 29.9 Å². The van der Waals surface area contributed by atoms with E-state index in [9.17, 15) is 0 Å². The van der Waals surface area contributed by atoms with Gasteiger partial charge >= 0.3 is 0 Å². The maximum Gasteiger partial charge on any atom is 0.0972 e. The van der Waals surface area contributed by atoms with Crippen molar-refractivity contribution in [2.24, 2.45) is 0 Å². The lowest BCUT2D eigenvalue weighted by molar-refractivity contribution is 1.36. The van der Waals surface area contributed by atoms with Crippen LogP contribution in [0.25, 0.3) is 133 Å². The van der Waals surface area contributed by atoms with Gasteiger partial charge in [0, 0.05) is 78.7 Å². The van der Waals surface area contributed by atoms with Crippen LogP contribution >= 0.6 is 0 Å². The van der Waals surface area contributed by atoms with E-state index in [0.717, 1.165) is 133 Å². The van der Waals surface area contributed by atoms with E-state index in [0.29, 0.717) is 0 Å². The first-order chi connectivity index (χ1) is 32.6. The van der Waals surface area contributed by atoms with Gasteiger partial charge in [0.2, 0.25) is 0 Å². The third kappa shape index (κ3) is 6.76. The maximum absolute atomic E-state index is 5.24. The van der Waals surface area contributed by atoms with Gasteiger partial charge in [-0.05, 0) is 119 Å². The van der Waals surface area contributed by atoms with Gasteiger partial charge in [-0.3, -0.25) is 15.0 Å². The van der Waals surface area contributed by atoms with Gasteiger partial charge in [0.1, 0.15) is 0 Å². The van der Waals surface area contributed by atoms with Crippen LogP contribution in [0.4, 0.5) is 0 Å². The largest absolute Gasteiger partial charge is 0.256 e. The van der Waals surface area contributed by atoms with Gasteiger partial charge in [0.15, 0.2) is 0 Å². The molecule has 66 heavy (non-hydrogen) atoms. The number of para-hydroxylation sites is 2. The molecule has 0 atom stereocenters. The number of benzene rings is 7. The average Bonchev–Trinajstić information content (AvgIpc) is 3.39. The van der Waals surface area contributed by atoms with Crippen molar-refractivity contribution in [1.29, 1.82) is 0 Å². The van der Waals surface area contributed by atoms with E-state index in [1.165, 1.54) is 0 Å². The second kappa shape index (κ2) is 15.4. The molecule has 6 heteroatoms. The van der Waals surface area contributed by atoms with Crippen molar-refractivity contribution in [3.8, 4) is 67.2 Å². The predicted octanol–water partition coefficient (Wildman–Crippen LogP) is 15.0. The van der Waals surface area contributed by atoms with Crippen LogP contribution in [0.15, 0.2) is 219 Å². The highest BCUT2D eigenvalue weighted by atomic mass is 14.8. The molecule has 13 rings (SSSR count). The van der Waals surface area contributed by atoms with Crippen molar-refractivity contribution in [3.63, 3.8) is 0 Å². The summed E-state index contributed by atoms with van der Waals surface area (Å²) in [5.41, 5.74) is 18.0. The summed E-state index contributed by atoms with van der Waals surface area (Å²) in [6.07, 6.45) is 5.75. The summed E-state index contributed by atoms with van der Waals surface area (Å²) in [4.78, 5) is 29.7. The normalized spacial score (nSPS) is 11.6. The molecule has 0 spiro atoms. The molecule has 0 bridgehead atoms. The van der Waals surface area contributed by atoms with Crippen molar-refractivity contribution in [2.75, 3.05) is 0 Å². The van der Waals surface area contributed by atoms with Crippen molar-refractivity contribution in [1.82, 2.24) is 29.9 Å². The number of pyridine rings is 6. The van der Waals surface area contributed by atoms with Gasteiger partial charge in [-0.15, -0.1) is 0 Å². The van der Waals surface area contributed by atoms with Crippen LogP contribution in [0, 0.1) is 0 Å². The quantitative estimate of drug-likeness (QED) is 0.155. The lowest BCUT2D eigenvalue weighted by Gasteiger charge is -2.12. The summed E-state index contributed by atoms with van der Waals surface area (Å²) in [7, 11) is 0. The molecule has 6 nitrogen and oxygen atoms in total. The Labute approximate surface area is 379 Å². The smallest absolute Gasteiger partial charge is 0.0972 e. The molecule has 13 aromatic rings. The molecule has 0 aliphatic rings. The van der Waals surface area contributed by atoms with E-state index in [1.807, 2.05) is 48.9 Å². The Hall–Kier alpha value is -9.00. The fourth-order valence-corrected chi connectivity index (χ4v) is 9.22. The second-order valence-corrected chi connectivity index (χ2v) is 16.8. The molecule has 0 amide bonds. The summed E-state index contributed by atoms with van der Waals surface area (Å²) < 4.78 is 0. The van der Waals surface area contributed by atoms with Crippen LogP contribution in [-0.2, 0) is 0 Å². The van der Waals surface area contributed by atoms with E-state index in [-0.39, 0.29) is 0 Å².